The molecule has 1 aliphatic heterocycles. The molecule has 0 spiro atoms. The van der Waals surface area contributed by atoms with Gasteiger partial charge >= 0.3 is 0 Å². The fourth-order valence-electron chi connectivity index (χ4n) is 3.71. The lowest BCUT2D eigenvalue weighted by atomic mass is 10.1. The summed E-state index contributed by atoms with van der Waals surface area (Å²) in [4.78, 5) is 7.03. The highest BCUT2D eigenvalue weighted by Gasteiger charge is 2.22. The molecule has 3 heterocycles. The van der Waals surface area contributed by atoms with E-state index < -0.39 is 0 Å². The number of rotatable bonds is 6. The van der Waals surface area contributed by atoms with Gasteiger partial charge in [0.1, 0.15) is 0 Å². The minimum Gasteiger partial charge on any atom is -0.356 e. The van der Waals surface area contributed by atoms with E-state index in [0.29, 0.717) is 6.04 Å². The van der Waals surface area contributed by atoms with Gasteiger partial charge in [0.2, 0.25) is 0 Å². The topological polar surface area (TPSA) is 54.2 Å². The Kier molecular flexibility index (Phi) is 7.60. The monoisotopic (exact) mass is 398 g/mol. The van der Waals surface area contributed by atoms with E-state index in [1.165, 1.54) is 12.8 Å². The highest BCUT2D eigenvalue weighted by Crippen LogP contribution is 2.23. The van der Waals surface area contributed by atoms with Gasteiger partial charge < -0.3 is 9.84 Å². The number of hydrogen-bond acceptors (Lipinski definition) is 5. The van der Waals surface area contributed by atoms with Crippen molar-refractivity contribution in [2.45, 2.75) is 38.4 Å². The van der Waals surface area contributed by atoms with Crippen LogP contribution in [0.1, 0.15) is 30.7 Å². The van der Waals surface area contributed by atoms with Crippen molar-refractivity contribution in [1.82, 2.24) is 20.4 Å². The molecule has 0 bridgehead atoms. The van der Waals surface area contributed by atoms with Gasteiger partial charge in [-0.15, -0.1) is 12.4 Å². The number of pyridine rings is 1. The Morgan fingerprint density at radius 3 is 2.61 bits per heavy atom. The van der Waals surface area contributed by atoms with E-state index in [1.807, 2.05) is 42.6 Å². The maximum absolute atomic E-state index is 5.61. The summed E-state index contributed by atoms with van der Waals surface area (Å²) in [6.45, 7) is 3.78. The molecule has 0 radical (unpaired) electrons. The van der Waals surface area contributed by atoms with Gasteiger partial charge in [-0.1, -0.05) is 41.6 Å². The van der Waals surface area contributed by atoms with Gasteiger partial charge in [-0.05, 0) is 44.5 Å². The van der Waals surface area contributed by atoms with Crippen LogP contribution in [0.2, 0.25) is 0 Å². The van der Waals surface area contributed by atoms with Crippen LogP contribution in [-0.4, -0.2) is 34.2 Å². The first-order chi connectivity index (χ1) is 13.4. The van der Waals surface area contributed by atoms with E-state index in [4.69, 9.17) is 4.52 Å². The van der Waals surface area contributed by atoms with Gasteiger partial charge in [0.25, 0.3) is 0 Å². The third-order valence-electron chi connectivity index (χ3n) is 5.14. The van der Waals surface area contributed by atoms with Gasteiger partial charge in [0.15, 0.2) is 5.76 Å². The molecule has 2 aromatic heterocycles. The van der Waals surface area contributed by atoms with Crippen molar-refractivity contribution in [3.8, 4) is 11.3 Å². The molecular formula is C22H27ClN4O. The highest BCUT2D eigenvalue weighted by atomic mass is 35.5. The van der Waals surface area contributed by atoms with Gasteiger partial charge in [0.05, 0.1) is 11.4 Å². The Balaban J connectivity index is 0.00000225. The summed E-state index contributed by atoms with van der Waals surface area (Å²) < 4.78 is 5.61. The molecule has 0 amide bonds. The highest BCUT2D eigenvalue weighted by molar-refractivity contribution is 5.85. The lowest BCUT2D eigenvalue weighted by Crippen LogP contribution is -2.35. The van der Waals surface area contributed by atoms with E-state index in [0.717, 1.165) is 55.3 Å². The number of halogens is 1. The number of aromatic nitrogens is 2. The van der Waals surface area contributed by atoms with E-state index in [9.17, 15) is 0 Å². The van der Waals surface area contributed by atoms with Crippen molar-refractivity contribution in [3.63, 3.8) is 0 Å². The fraction of sp³-hybridized carbons (Fsp3) is 0.364. The Bertz CT molecular complexity index is 817. The number of nitrogens with zero attached hydrogens (tertiary/aromatic N) is 3. The van der Waals surface area contributed by atoms with Crippen LogP contribution in [0.25, 0.3) is 11.3 Å². The van der Waals surface area contributed by atoms with E-state index >= 15 is 0 Å². The van der Waals surface area contributed by atoms with Crippen LogP contribution in [0.5, 0.6) is 0 Å². The van der Waals surface area contributed by atoms with Crippen LogP contribution < -0.4 is 5.32 Å². The summed E-state index contributed by atoms with van der Waals surface area (Å²) in [7, 11) is 0. The van der Waals surface area contributed by atoms with Gasteiger partial charge in [0, 0.05) is 37.0 Å². The van der Waals surface area contributed by atoms with Crippen LogP contribution in [0.4, 0.5) is 0 Å². The normalized spacial score (nSPS) is 17.1. The third-order valence-corrected chi connectivity index (χ3v) is 5.14. The smallest absolute Gasteiger partial charge is 0.167 e. The van der Waals surface area contributed by atoms with Crippen molar-refractivity contribution < 1.29 is 4.52 Å². The molecule has 148 valence electrons. The molecule has 0 aliphatic carbocycles. The molecule has 6 heteroatoms. The summed E-state index contributed by atoms with van der Waals surface area (Å²) in [5.74, 6) is 0.825. The zero-order chi connectivity index (χ0) is 18.3. The summed E-state index contributed by atoms with van der Waals surface area (Å²) in [5.41, 5.74) is 3.13. The van der Waals surface area contributed by atoms with Crippen LogP contribution in [-0.2, 0) is 13.1 Å². The van der Waals surface area contributed by atoms with Gasteiger partial charge in [-0.25, -0.2) is 0 Å². The third kappa shape index (κ3) is 5.41. The summed E-state index contributed by atoms with van der Waals surface area (Å²) in [5, 5.41) is 7.85. The van der Waals surface area contributed by atoms with Crippen LogP contribution in [0, 0.1) is 0 Å². The molecule has 1 atom stereocenters. The molecule has 1 aromatic carbocycles. The van der Waals surface area contributed by atoms with E-state index in [2.05, 4.69) is 38.6 Å². The molecule has 1 unspecified atom stereocenters. The van der Waals surface area contributed by atoms with Crippen LogP contribution in [0.15, 0.2) is 65.3 Å². The second-order valence-electron chi connectivity index (χ2n) is 7.11. The average Bonchev–Trinajstić information content (AvgIpc) is 3.01. The predicted octanol–water partition coefficient (Wildman–Crippen LogP) is 4.30. The Labute approximate surface area is 172 Å². The molecule has 28 heavy (non-hydrogen) atoms. The van der Waals surface area contributed by atoms with E-state index in [-0.39, 0.29) is 12.4 Å². The molecule has 0 saturated carbocycles. The van der Waals surface area contributed by atoms with Gasteiger partial charge in [-0.2, -0.15) is 0 Å². The van der Waals surface area contributed by atoms with Crippen LogP contribution >= 0.6 is 12.4 Å². The molecule has 1 fully saturated rings. The maximum atomic E-state index is 5.61. The lowest BCUT2D eigenvalue weighted by Gasteiger charge is -2.30. The summed E-state index contributed by atoms with van der Waals surface area (Å²) in [6.07, 6.45) is 5.42. The Morgan fingerprint density at radius 1 is 0.964 bits per heavy atom. The first-order valence-corrected chi connectivity index (χ1v) is 9.74. The molecule has 4 rings (SSSR count). The van der Waals surface area contributed by atoms with Gasteiger partial charge in [-0.3, -0.25) is 9.88 Å². The molecule has 5 nitrogen and oxygen atoms in total. The largest absolute Gasteiger partial charge is 0.356 e. The zero-order valence-corrected chi connectivity index (χ0v) is 16.8. The lowest BCUT2D eigenvalue weighted by molar-refractivity contribution is 0.158. The average molecular weight is 399 g/mol. The molecule has 3 aromatic rings. The maximum Gasteiger partial charge on any atom is 0.167 e. The van der Waals surface area contributed by atoms with E-state index in [1.54, 1.807) is 0 Å². The first-order valence-electron chi connectivity index (χ1n) is 9.74. The molecular weight excluding hydrogens is 372 g/mol. The number of nitrogens with one attached hydrogen (secondary N) is 1. The predicted molar refractivity (Wildman–Crippen MR) is 113 cm³/mol. The first kappa shape index (κ1) is 20.5. The number of hydrogen-bond donors (Lipinski definition) is 1. The van der Waals surface area contributed by atoms with Crippen molar-refractivity contribution >= 4 is 12.4 Å². The minimum absolute atomic E-state index is 0. The quantitative estimate of drug-likeness (QED) is 0.670. The second-order valence-corrected chi connectivity index (χ2v) is 7.11. The fourth-order valence-corrected chi connectivity index (χ4v) is 3.71. The van der Waals surface area contributed by atoms with Crippen molar-refractivity contribution in [1.29, 1.82) is 0 Å². The summed E-state index contributed by atoms with van der Waals surface area (Å²) >= 11 is 0. The Morgan fingerprint density at radius 2 is 1.79 bits per heavy atom. The van der Waals surface area contributed by atoms with Crippen molar-refractivity contribution in [3.05, 3.63) is 72.2 Å². The van der Waals surface area contributed by atoms with Crippen molar-refractivity contribution in [2.75, 3.05) is 13.1 Å². The molecule has 1 N–H and O–H groups in total. The minimum atomic E-state index is 0. The molecule has 1 saturated heterocycles. The molecule has 1 aliphatic rings. The SMILES string of the molecule is Cl.c1ccc(-c2cc(CN(Cc3ccccn3)C3CCCNCC3)no2)cc1. The van der Waals surface area contributed by atoms with Crippen LogP contribution in [0.3, 0.4) is 0 Å². The zero-order valence-electron chi connectivity index (χ0n) is 16.0. The second kappa shape index (κ2) is 10.4. The van der Waals surface area contributed by atoms with Crippen molar-refractivity contribution in [2.24, 2.45) is 0 Å². The Hall–Kier alpha value is -2.21. The summed E-state index contributed by atoms with van der Waals surface area (Å²) in [6, 6.07) is 18.9. The number of benzene rings is 1. The standard InChI is InChI=1S/C22H26N4O.ClH/c1-2-7-18(8-3-1)22-15-20(25-27-22)17-26(16-19-9-4-5-13-24-19)21-10-6-12-23-14-11-21;/h1-5,7-9,13,15,21,23H,6,10-12,14,16-17H2;1H.